The van der Waals surface area contributed by atoms with E-state index in [0.717, 1.165) is 6.42 Å². The van der Waals surface area contributed by atoms with E-state index in [-0.39, 0.29) is 0 Å². The van der Waals surface area contributed by atoms with Gasteiger partial charge in [0, 0.05) is 6.61 Å². The van der Waals surface area contributed by atoms with E-state index in [1.54, 1.807) is 0 Å². The van der Waals surface area contributed by atoms with Crippen LogP contribution in [0.1, 0.15) is 47.0 Å². The van der Waals surface area contributed by atoms with E-state index in [1.807, 2.05) is 0 Å². The van der Waals surface area contributed by atoms with Gasteiger partial charge >= 0.3 is 0 Å². The number of rotatable bonds is 4. The van der Waals surface area contributed by atoms with Crippen LogP contribution in [0.2, 0.25) is 0 Å². The molecule has 0 rings (SSSR count). The van der Waals surface area contributed by atoms with Gasteiger partial charge in [-0.3, -0.25) is 0 Å². The zero-order valence-electron chi connectivity index (χ0n) is 8.35. The maximum absolute atomic E-state index is 8.67. The lowest BCUT2D eigenvalue weighted by molar-refractivity contribution is 0.244. The fourth-order valence-corrected chi connectivity index (χ4v) is 1.04. The van der Waals surface area contributed by atoms with Gasteiger partial charge in [-0.05, 0) is 24.2 Å². The molecule has 0 spiro atoms. The average Bonchev–Trinajstić information content (AvgIpc) is 1.83. The van der Waals surface area contributed by atoms with E-state index in [2.05, 4.69) is 27.7 Å². The average molecular weight is 158 g/mol. The molecule has 0 saturated carbocycles. The highest BCUT2D eigenvalue weighted by atomic mass is 16.2. The van der Waals surface area contributed by atoms with E-state index in [1.165, 1.54) is 12.8 Å². The van der Waals surface area contributed by atoms with Crippen molar-refractivity contribution in [1.82, 2.24) is 0 Å². The topological polar surface area (TPSA) is 20.2 Å². The summed E-state index contributed by atoms with van der Waals surface area (Å²) >= 11 is 0. The predicted octanol–water partition coefficient (Wildman–Crippen LogP) is 2.83. The van der Waals surface area contributed by atoms with E-state index in [4.69, 9.17) is 5.11 Å². The summed E-state index contributed by atoms with van der Waals surface area (Å²) in [4.78, 5) is 0. The molecule has 0 saturated heterocycles. The van der Waals surface area contributed by atoms with Crippen molar-refractivity contribution in [2.45, 2.75) is 47.0 Å². The molecule has 0 radical (unpaired) electrons. The van der Waals surface area contributed by atoms with Crippen LogP contribution in [0.3, 0.4) is 0 Å². The number of aliphatic hydroxyl groups excluding tert-OH is 1. The highest BCUT2D eigenvalue weighted by molar-refractivity contribution is 4.63. The lowest BCUT2D eigenvalue weighted by Gasteiger charge is -2.20. The van der Waals surface area contributed by atoms with Crippen LogP contribution in [-0.4, -0.2) is 11.7 Å². The number of aliphatic hydroxyl groups is 1. The van der Waals surface area contributed by atoms with Gasteiger partial charge in [-0.2, -0.15) is 0 Å². The minimum absolute atomic E-state index is 0.339. The van der Waals surface area contributed by atoms with Gasteiger partial charge in [0.05, 0.1) is 0 Å². The monoisotopic (exact) mass is 158 g/mol. The first-order chi connectivity index (χ1) is 4.95. The van der Waals surface area contributed by atoms with Gasteiger partial charge in [-0.25, -0.2) is 0 Å². The second kappa shape index (κ2) is 4.76. The quantitative estimate of drug-likeness (QED) is 0.667. The van der Waals surface area contributed by atoms with Crippen molar-refractivity contribution in [3.8, 4) is 0 Å². The maximum Gasteiger partial charge on any atom is 0.0433 e. The Morgan fingerprint density at radius 1 is 1.18 bits per heavy atom. The minimum atomic E-state index is 0.339. The van der Waals surface area contributed by atoms with Crippen LogP contribution >= 0.6 is 0 Å². The fraction of sp³-hybridized carbons (Fsp3) is 1.00. The predicted molar refractivity (Wildman–Crippen MR) is 49.6 cm³/mol. The molecule has 0 aliphatic heterocycles. The number of hydrogen-bond donors (Lipinski definition) is 1. The maximum atomic E-state index is 8.67. The van der Waals surface area contributed by atoms with Crippen molar-refractivity contribution < 1.29 is 5.11 Å². The molecule has 0 heterocycles. The minimum Gasteiger partial charge on any atom is -0.396 e. The molecule has 1 atom stereocenters. The van der Waals surface area contributed by atoms with Gasteiger partial charge in [0.15, 0.2) is 0 Å². The second-order valence-corrected chi connectivity index (χ2v) is 4.72. The number of hydrogen-bond acceptors (Lipinski definition) is 1. The largest absolute Gasteiger partial charge is 0.396 e. The first-order valence-electron chi connectivity index (χ1n) is 4.56. The van der Waals surface area contributed by atoms with Crippen molar-refractivity contribution >= 4 is 0 Å². The second-order valence-electron chi connectivity index (χ2n) is 4.72. The van der Waals surface area contributed by atoms with Gasteiger partial charge in [-0.15, -0.1) is 0 Å². The summed E-state index contributed by atoms with van der Waals surface area (Å²) in [5.41, 5.74) is 0.448. The van der Waals surface area contributed by atoms with Gasteiger partial charge in [-0.1, -0.05) is 34.1 Å². The van der Waals surface area contributed by atoms with Crippen molar-refractivity contribution in [2.24, 2.45) is 11.3 Å². The molecule has 0 aromatic carbocycles. The third-order valence-corrected chi connectivity index (χ3v) is 2.01. The van der Waals surface area contributed by atoms with E-state index in [0.29, 0.717) is 17.9 Å². The molecule has 1 N–H and O–H groups in total. The van der Waals surface area contributed by atoms with Gasteiger partial charge in [0.2, 0.25) is 0 Å². The van der Waals surface area contributed by atoms with Crippen molar-refractivity contribution in [3.63, 3.8) is 0 Å². The van der Waals surface area contributed by atoms with Crippen molar-refractivity contribution in [2.75, 3.05) is 6.61 Å². The van der Waals surface area contributed by atoms with E-state index >= 15 is 0 Å². The fourth-order valence-electron chi connectivity index (χ4n) is 1.04. The zero-order valence-corrected chi connectivity index (χ0v) is 8.35. The molecule has 0 aromatic heterocycles. The van der Waals surface area contributed by atoms with Crippen LogP contribution in [0.15, 0.2) is 0 Å². The third kappa shape index (κ3) is 7.86. The van der Waals surface area contributed by atoms with Crippen LogP contribution < -0.4 is 0 Å². The summed E-state index contributed by atoms with van der Waals surface area (Å²) in [5.74, 6) is 0.680. The van der Waals surface area contributed by atoms with Crippen LogP contribution in [0.5, 0.6) is 0 Å². The van der Waals surface area contributed by atoms with E-state index < -0.39 is 0 Å². The summed E-state index contributed by atoms with van der Waals surface area (Å²) in [6, 6.07) is 0. The smallest absolute Gasteiger partial charge is 0.0433 e. The summed E-state index contributed by atoms with van der Waals surface area (Å²) in [5, 5.41) is 8.67. The summed E-state index contributed by atoms with van der Waals surface area (Å²) < 4.78 is 0. The Hall–Kier alpha value is -0.0400. The molecule has 0 amide bonds. The third-order valence-electron chi connectivity index (χ3n) is 2.01. The van der Waals surface area contributed by atoms with Gasteiger partial charge in [0.25, 0.3) is 0 Å². The Balaban J connectivity index is 3.38. The van der Waals surface area contributed by atoms with Gasteiger partial charge in [0.1, 0.15) is 0 Å². The summed E-state index contributed by atoms with van der Waals surface area (Å²) in [7, 11) is 0. The summed E-state index contributed by atoms with van der Waals surface area (Å²) in [6.07, 6.45) is 3.45. The normalized spacial score (nSPS) is 15.0. The van der Waals surface area contributed by atoms with Crippen LogP contribution in [0.4, 0.5) is 0 Å². The highest BCUT2D eigenvalue weighted by Crippen LogP contribution is 2.24. The lowest BCUT2D eigenvalue weighted by atomic mass is 9.86. The van der Waals surface area contributed by atoms with Gasteiger partial charge < -0.3 is 5.11 Å². The molecule has 1 unspecified atom stereocenters. The zero-order chi connectivity index (χ0) is 8.91. The molecule has 68 valence electrons. The Labute approximate surface area is 70.8 Å². The standard InChI is InChI=1S/C10H22O/c1-9(6-8-11)5-7-10(2,3)4/h9,11H,5-8H2,1-4H3. The van der Waals surface area contributed by atoms with Crippen LogP contribution in [0, 0.1) is 11.3 Å². The van der Waals surface area contributed by atoms with Crippen molar-refractivity contribution in [1.29, 1.82) is 0 Å². The SMILES string of the molecule is CC(CCO)CCC(C)(C)C. The van der Waals surface area contributed by atoms with E-state index in [9.17, 15) is 0 Å². The Morgan fingerprint density at radius 3 is 2.09 bits per heavy atom. The Bertz CT molecular complexity index is 91.5. The first-order valence-corrected chi connectivity index (χ1v) is 4.56. The molecule has 0 bridgehead atoms. The van der Waals surface area contributed by atoms with Crippen molar-refractivity contribution in [3.05, 3.63) is 0 Å². The molecule has 11 heavy (non-hydrogen) atoms. The Morgan fingerprint density at radius 2 is 1.73 bits per heavy atom. The molecule has 0 fully saturated rings. The molecular formula is C10H22O. The Kier molecular flexibility index (Phi) is 4.74. The van der Waals surface area contributed by atoms with Crippen LogP contribution in [0.25, 0.3) is 0 Å². The molecule has 1 heteroatoms. The molecule has 0 aliphatic carbocycles. The molecule has 0 aliphatic rings. The first kappa shape index (κ1) is 11.0. The molecule has 0 aromatic rings. The molecule has 1 nitrogen and oxygen atoms in total. The lowest BCUT2D eigenvalue weighted by Crippen LogP contribution is -2.08. The molecular weight excluding hydrogens is 136 g/mol. The van der Waals surface area contributed by atoms with Crippen LogP contribution in [-0.2, 0) is 0 Å². The summed E-state index contributed by atoms with van der Waals surface area (Å²) in [6.45, 7) is 9.34. The highest BCUT2D eigenvalue weighted by Gasteiger charge is 2.11.